The average Bonchev–Trinajstić information content (AvgIpc) is 2.38. The SMILES string of the molecule is CCC(C(N)=O)n1cn[nH]c1=S. The molecule has 0 saturated carbocycles. The maximum Gasteiger partial charge on any atom is 0.240 e. The van der Waals surface area contributed by atoms with Crippen molar-refractivity contribution in [2.75, 3.05) is 0 Å². The first-order valence-corrected chi connectivity index (χ1v) is 3.98. The van der Waals surface area contributed by atoms with Gasteiger partial charge in [0.2, 0.25) is 5.91 Å². The van der Waals surface area contributed by atoms with E-state index in [4.69, 9.17) is 18.0 Å². The first-order chi connectivity index (χ1) is 5.66. The number of aromatic nitrogens is 3. The summed E-state index contributed by atoms with van der Waals surface area (Å²) in [5, 5.41) is 6.26. The molecule has 0 bridgehead atoms. The zero-order chi connectivity index (χ0) is 9.14. The van der Waals surface area contributed by atoms with E-state index >= 15 is 0 Å². The quantitative estimate of drug-likeness (QED) is 0.670. The Morgan fingerprint density at radius 2 is 2.67 bits per heavy atom. The van der Waals surface area contributed by atoms with Crippen LogP contribution in [-0.4, -0.2) is 20.7 Å². The molecule has 1 atom stereocenters. The molecule has 0 aliphatic rings. The average molecular weight is 186 g/mol. The minimum absolute atomic E-state index is 0.392. The number of carbonyl (C=O) groups is 1. The number of hydrogen-bond donors (Lipinski definition) is 2. The lowest BCUT2D eigenvalue weighted by atomic mass is 10.2. The van der Waals surface area contributed by atoms with E-state index in [1.54, 1.807) is 4.57 Å². The zero-order valence-corrected chi connectivity index (χ0v) is 7.47. The molecule has 66 valence electrons. The highest BCUT2D eigenvalue weighted by molar-refractivity contribution is 7.71. The molecule has 3 N–H and O–H groups in total. The van der Waals surface area contributed by atoms with Gasteiger partial charge in [0.15, 0.2) is 4.77 Å². The summed E-state index contributed by atoms with van der Waals surface area (Å²) >= 11 is 4.88. The molecule has 0 aromatic carbocycles. The summed E-state index contributed by atoms with van der Waals surface area (Å²) in [5.74, 6) is -0.394. The largest absolute Gasteiger partial charge is 0.368 e. The molecule has 6 heteroatoms. The third kappa shape index (κ3) is 1.53. The Balaban J connectivity index is 3.03. The number of nitrogens with zero attached hydrogens (tertiary/aromatic N) is 2. The summed E-state index contributed by atoms with van der Waals surface area (Å²) < 4.78 is 1.97. The maximum absolute atomic E-state index is 10.9. The van der Waals surface area contributed by atoms with Gasteiger partial charge in [-0.15, -0.1) is 0 Å². The molecule has 1 amide bonds. The second-order valence-electron chi connectivity index (χ2n) is 2.40. The molecule has 1 heterocycles. The fraction of sp³-hybridized carbons (Fsp3) is 0.500. The van der Waals surface area contributed by atoms with E-state index in [-0.39, 0.29) is 0 Å². The van der Waals surface area contributed by atoms with Crippen molar-refractivity contribution in [1.82, 2.24) is 14.8 Å². The molecule has 0 aliphatic carbocycles. The number of hydrogen-bond acceptors (Lipinski definition) is 3. The van der Waals surface area contributed by atoms with Crippen molar-refractivity contribution in [2.45, 2.75) is 19.4 Å². The van der Waals surface area contributed by atoms with E-state index in [1.807, 2.05) is 6.92 Å². The van der Waals surface area contributed by atoms with E-state index < -0.39 is 11.9 Å². The predicted octanol–water partition coefficient (Wildman–Crippen LogP) is 0.377. The highest BCUT2D eigenvalue weighted by Crippen LogP contribution is 2.09. The molecule has 1 aromatic heterocycles. The van der Waals surface area contributed by atoms with Gasteiger partial charge < -0.3 is 5.73 Å². The standard InChI is InChI=1S/C6H10N4OS/c1-2-4(5(7)11)10-3-8-9-6(10)12/h3-4H,2H2,1H3,(H2,7,11)(H,9,12). The van der Waals surface area contributed by atoms with Crippen LogP contribution < -0.4 is 5.73 Å². The van der Waals surface area contributed by atoms with E-state index in [2.05, 4.69) is 10.2 Å². The number of H-pyrrole nitrogens is 1. The highest BCUT2D eigenvalue weighted by Gasteiger charge is 2.15. The van der Waals surface area contributed by atoms with Crippen molar-refractivity contribution in [3.05, 3.63) is 11.1 Å². The summed E-state index contributed by atoms with van der Waals surface area (Å²) in [6.45, 7) is 1.87. The molecule has 0 saturated heterocycles. The number of rotatable bonds is 3. The Bertz CT molecular complexity index is 328. The molecule has 0 radical (unpaired) electrons. The lowest BCUT2D eigenvalue weighted by Crippen LogP contribution is -2.25. The minimum atomic E-state index is -0.394. The smallest absolute Gasteiger partial charge is 0.240 e. The molecule has 5 nitrogen and oxygen atoms in total. The number of nitrogens with two attached hydrogens (primary N) is 1. The van der Waals surface area contributed by atoms with Crippen LogP contribution in [0.25, 0.3) is 0 Å². The topological polar surface area (TPSA) is 76.7 Å². The van der Waals surface area contributed by atoms with Gasteiger partial charge in [-0.05, 0) is 18.6 Å². The van der Waals surface area contributed by atoms with Gasteiger partial charge in [-0.25, -0.2) is 0 Å². The summed E-state index contributed by atoms with van der Waals surface area (Å²) in [7, 11) is 0. The minimum Gasteiger partial charge on any atom is -0.368 e. The first-order valence-electron chi connectivity index (χ1n) is 3.57. The van der Waals surface area contributed by atoms with Crippen LogP contribution in [0.2, 0.25) is 0 Å². The van der Waals surface area contributed by atoms with Gasteiger partial charge in [-0.2, -0.15) is 5.10 Å². The molecule has 12 heavy (non-hydrogen) atoms. The Morgan fingerprint density at radius 3 is 3.00 bits per heavy atom. The van der Waals surface area contributed by atoms with Crippen molar-refractivity contribution in [3.63, 3.8) is 0 Å². The molecule has 0 aliphatic heterocycles. The number of carbonyl (C=O) groups excluding carboxylic acids is 1. The monoisotopic (exact) mass is 186 g/mol. The molecule has 0 spiro atoms. The summed E-state index contributed by atoms with van der Waals surface area (Å²) in [6.07, 6.45) is 2.09. The Hall–Kier alpha value is -1.17. The van der Waals surface area contributed by atoms with Gasteiger partial charge in [0.1, 0.15) is 12.4 Å². The molecule has 1 rings (SSSR count). The molecular weight excluding hydrogens is 176 g/mol. The number of primary amides is 1. The first kappa shape index (κ1) is 8.92. The third-order valence-corrected chi connectivity index (χ3v) is 1.93. The Kier molecular flexibility index (Phi) is 2.59. The van der Waals surface area contributed by atoms with Crippen molar-refractivity contribution in [2.24, 2.45) is 5.73 Å². The fourth-order valence-corrected chi connectivity index (χ4v) is 1.24. The number of aromatic amines is 1. The highest BCUT2D eigenvalue weighted by atomic mass is 32.1. The van der Waals surface area contributed by atoms with Crippen molar-refractivity contribution in [1.29, 1.82) is 0 Å². The summed E-state index contributed by atoms with van der Waals surface area (Å²) in [4.78, 5) is 10.9. The van der Waals surface area contributed by atoms with E-state index in [1.165, 1.54) is 6.33 Å². The Labute approximate surface area is 74.6 Å². The lowest BCUT2D eigenvalue weighted by Gasteiger charge is -2.10. The normalized spacial score (nSPS) is 12.8. The second kappa shape index (κ2) is 3.48. The lowest BCUT2D eigenvalue weighted by molar-refractivity contribution is -0.121. The fourth-order valence-electron chi connectivity index (χ4n) is 1.01. The van der Waals surface area contributed by atoms with Crippen LogP contribution in [0.3, 0.4) is 0 Å². The zero-order valence-electron chi connectivity index (χ0n) is 6.65. The van der Waals surface area contributed by atoms with Gasteiger partial charge in [-0.3, -0.25) is 14.5 Å². The van der Waals surface area contributed by atoms with Crippen LogP contribution in [0.15, 0.2) is 6.33 Å². The van der Waals surface area contributed by atoms with Gasteiger partial charge in [0, 0.05) is 0 Å². The van der Waals surface area contributed by atoms with Crippen LogP contribution >= 0.6 is 12.2 Å². The van der Waals surface area contributed by atoms with Gasteiger partial charge in [-0.1, -0.05) is 6.92 Å². The van der Waals surface area contributed by atoms with Gasteiger partial charge in [0.25, 0.3) is 0 Å². The third-order valence-electron chi connectivity index (χ3n) is 1.63. The summed E-state index contributed by atoms with van der Waals surface area (Å²) in [5.41, 5.74) is 5.16. The maximum atomic E-state index is 10.9. The van der Waals surface area contributed by atoms with Crippen molar-refractivity contribution < 1.29 is 4.79 Å². The summed E-state index contributed by atoms with van der Waals surface area (Å²) in [6, 6.07) is -0.392. The van der Waals surface area contributed by atoms with Crippen LogP contribution in [0.4, 0.5) is 0 Å². The molecule has 1 aromatic rings. The van der Waals surface area contributed by atoms with Crippen LogP contribution in [-0.2, 0) is 4.79 Å². The molecular formula is C6H10N4OS. The van der Waals surface area contributed by atoms with Crippen molar-refractivity contribution in [3.8, 4) is 0 Å². The van der Waals surface area contributed by atoms with Gasteiger partial charge >= 0.3 is 0 Å². The predicted molar refractivity (Wildman–Crippen MR) is 45.9 cm³/mol. The van der Waals surface area contributed by atoms with E-state index in [0.717, 1.165) is 0 Å². The van der Waals surface area contributed by atoms with E-state index in [9.17, 15) is 4.79 Å². The van der Waals surface area contributed by atoms with Crippen LogP contribution in [0.1, 0.15) is 19.4 Å². The van der Waals surface area contributed by atoms with Gasteiger partial charge in [0.05, 0.1) is 0 Å². The number of nitrogens with one attached hydrogen (secondary N) is 1. The number of amides is 1. The van der Waals surface area contributed by atoms with Crippen LogP contribution in [0.5, 0.6) is 0 Å². The Morgan fingerprint density at radius 1 is 2.00 bits per heavy atom. The molecule has 0 fully saturated rings. The van der Waals surface area contributed by atoms with Crippen molar-refractivity contribution >= 4 is 18.1 Å². The molecule has 1 unspecified atom stereocenters. The van der Waals surface area contributed by atoms with E-state index in [0.29, 0.717) is 11.2 Å². The second-order valence-corrected chi connectivity index (χ2v) is 2.78. The van der Waals surface area contributed by atoms with Crippen LogP contribution in [0, 0.1) is 4.77 Å².